The molecule has 1 aliphatic heterocycles. The summed E-state index contributed by atoms with van der Waals surface area (Å²) in [5, 5.41) is 3.61. The Hall–Kier alpha value is -3.08. The fourth-order valence-corrected chi connectivity index (χ4v) is 2.43. The Labute approximate surface area is 118 Å². The first-order chi connectivity index (χ1) is 10.2. The summed E-state index contributed by atoms with van der Waals surface area (Å²) in [5.74, 6) is 0.350. The summed E-state index contributed by atoms with van der Waals surface area (Å²) in [5.41, 5.74) is 0. The van der Waals surface area contributed by atoms with Crippen LogP contribution in [0, 0.1) is 0 Å². The lowest BCUT2D eigenvalue weighted by atomic mass is 10.0. The van der Waals surface area contributed by atoms with Gasteiger partial charge in [0.15, 0.2) is 11.5 Å². The first-order valence-electron chi connectivity index (χ1n) is 6.28. The third-order valence-corrected chi connectivity index (χ3v) is 3.35. The molecule has 5 heteroatoms. The van der Waals surface area contributed by atoms with Gasteiger partial charge in [0.2, 0.25) is 0 Å². The molecule has 0 radical (unpaired) electrons. The predicted molar refractivity (Wildman–Crippen MR) is 74.6 cm³/mol. The molecule has 4 rings (SSSR count). The maximum absolute atomic E-state index is 11.4. The van der Waals surface area contributed by atoms with Gasteiger partial charge in [-0.05, 0) is 34.4 Å². The largest absolute Gasteiger partial charge is 0.524 e. The minimum absolute atomic E-state index is 0.161. The molecule has 0 aromatic heterocycles. The van der Waals surface area contributed by atoms with E-state index in [0.717, 1.165) is 16.2 Å². The number of rotatable bonds is 0. The van der Waals surface area contributed by atoms with Crippen LogP contribution < -0.4 is 9.47 Å². The van der Waals surface area contributed by atoms with Crippen LogP contribution in [0.2, 0.25) is 0 Å². The van der Waals surface area contributed by atoms with Gasteiger partial charge in [-0.2, -0.15) is 0 Å². The van der Waals surface area contributed by atoms with Crippen molar-refractivity contribution in [3.05, 3.63) is 48.5 Å². The number of hydrogen-bond acceptors (Lipinski definition) is 5. The fourth-order valence-electron chi connectivity index (χ4n) is 2.43. The maximum Gasteiger partial charge on any atom is 0.524 e. The molecule has 0 aliphatic carbocycles. The molecule has 0 unspecified atom stereocenters. The molecule has 0 amide bonds. The molecular formula is C16H8O5. The quantitative estimate of drug-likeness (QED) is 0.269. The van der Waals surface area contributed by atoms with E-state index in [1.54, 1.807) is 12.1 Å². The average molecular weight is 280 g/mol. The van der Waals surface area contributed by atoms with Crippen LogP contribution in [0.4, 0.5) is 9.59 Å². The van der Waals surface area contributed by atoms with Gasteiger partial charge in [-0.25, -0.2) is 9.59 Å². The van der Waals surface area contributed by atoms with Crippen molar-refractivity contribution < 1.29 is 23.8 Å². The van der Waals surface area contributed by atoms with E-state index in [4.69, 9.17) is 9.47 Å². The highest BCUT2D eigenvalue weighted by Gasteiger charge is 2.25. The van der Waals surface area contributed by atoms with E-state index in [-0.39, 0.29) is 11.5 Å². The Morgan fingerprint density at radius 3 is 2.19 bits per heavy atom. The van der Waals surface area contributed by atoms with Crippen molar-refractivity contribution >= 4 is 33.9 Å². The predicted octanol–water partition coefficient (Wildman–Crippen LogP) is 4.02. The van der Waals surface area contributed by atoms with E-state index in [0.29, 0.717) is 5.39 Å². The molecule has 21 heavy (non-hydrogen) atoms. The topological polar surface area (TPSA) is 61.8 Å². The second-order valence-corrected chi connectivity index (χ2v) is 4.62. The van der Waals surface area contributed by atoms with Crippen LogP contribution in [0.5, 0.6) is 11.5 Å². The second kappa shape index (κ2) is 4.21. The third-order valence-electron chi connectivity index (χ3n) is 3.35. The summed E-state index contributed by atoms with van der Waals surface area (Å²) in [4.78, 5) is 22.7. The Bertz CT molecular complexity index is 913. The molecule has 1 heterocycles. The molecule has 1 aliphatic rings. The van der Waals surface area contributed by atoms with E-state index < -0.39 is 12.3 Å². The van der Waals surface area contributed by atoms with E-state index in [1.165, 1.54) is 0 Å². The molecule has 0 fully saturated rings. The van der Waals surface area contributed by atoms with E-state index >= 15 is 0 Å². The SMILES string of the molecule is O=C1OC(=O)Oc2c(ccc3cc4ccccc4cc23)O1. The van der Waals surface area contributed by atoms with Crippen LogP contribution in [0.3, 0.4) is 0 Å². The van der Waals surface area contributed by atoms with Gasteiger partial charge in [0.05, 0.1) is 0 Å². The number of carbonyl (C=O) groups excluding carboxylic acids is 2. The van der Waals surface area contributed by atoms with Gasteiger partial charge in [-0.1, -0.05) is 30.3 Å². The lowest BCUT2D eigenvalue weighted by Gasteiger charge is -2.08. The minimum atomic E-state index is -1.10. The number of carbonyl (C=O) groups is 2. The van der Waals surface area contributed by atoms with Crippen LogP contribution in [0.25, 0.3) is 21.5 Å². The highest BCUT2D eigenvalue weighted by Crippen LogP contribution is 2.39. The summed E-state index contributed by atoms with van der Waals surface area (Å²) in [6.07, 6.45) is -2.20. The Morgan fingerprint density at radius 2 is 1.38 bits per heavy atom. The van der Waals surface area contributed by atoms with Gasteiger partial charge in [0.25, 0.3) is 0 Å². The van der Waals surface area contributed by atoms with E-state index in [1.807, 2.05) is 36.4 Å². The van der Waals surface area contributed by atoms with Gasteiger partial charge >= 0.3 is 12.3 Å². The Kier molecular flexibility index (Phi) is 2.35. The molecule has 3 aromatic carbocycles. The van der Waals surface area contributed by atoms with Crippen molar-refractivity contribution in [2.75, 3.05) is 0 Å². The molecule has 5 nitrogen and oxygen atoms in total. The Balaban J connectivity index is 2.05. The number of cyclic esters (lactones) is 2. The zero-order valence-electron chi connectivity index (χ0n) is 10.7. The Morgan fingerprint density at radius 1 is 0.667 bits per heavy atom. The second-order valence-electron chi connectivity index (χ2n) is 4.62. The molecule has 0 N–H and O–H groups in total. The standard InChI is InChI=1S/C16H8O5/c17-15-19-13-6-5-11-7-9-3-1-2-4-10(9)8-12(11)14(13)20-16(18)21-15/h1-8H. The normalized spacial score (nSPS) is 14.1. The van der Waals surface area contributed by atoms with Gasteiger partial charge in [-0.15, -0.1) is 0 Å². The molecule has 0 spiro atoms. The van der Waals surface area contributed by atoms with E-state index in [2.05, 4.69) is 4.74 Å². The average Bonchev–Trinajstić information content (AvgIpc) is 2.62. The number of hydrogen-bond donors (Lipinski definition) is 0. The molecular weight excluding hydrogens is 272 g/mol. The van der Waals surface area contributed by atoms with Crippen molar-refractivity contribution in [1.29, 1.82) is 0 Å². The summed E-state index contributed by atoms with van der Waals surface area (Å²) >= 11 is 0. The van der Waals surface area contributed by atoms with Crippen LogP contribution in [-0.4, -0.2) is 12.3 Å². The molecule has 0 saturated carbocycles. The minimum Gasteiger partial charge on any atom is -0.391 e. The summed E-state index contributed by atoms with van der Waals surface area (Å²) in [6, 6.07) is 15.1. The van der Waals surface area contributed by atoms with Crippen molar-refractivity contribution in [1.82, 2.24) is 0 Å². The maximum atomic E-state index is 11.4. The summed E-state index contributed by atoms with van der Waals surface area (Å²) in [7, 11) is 0. The number of ether oxygens (including phenoxy) is 3. The van der Waals surface area contributed by atoms with Crippen LogP contribution in [0.1, 0.15) is 0 Å². The van der Waals surface area contributed by atoms with Crippen LogP contribution in [-0.2, 0) is 4.74 Å². The van der Waals surface area contributed by atoms with Crippen molar-refractivity contribution in [3.63, 3.8) is 0 Å². The third kappa shape index (κ3) is 1.87. The highest BCUT2D eigenvalue weighted by molar-refractivity contribution is 6.03. The van der Waals surface area contributed by atoms with Gasteiger partial charge < -0.3 is 14.2 Å². The van der Waals surface area contributed by atoms with Gasteiger partial charge in [-0.3, -0.25) is 0 Å². The molecule has 102 valence electrons. The van der Waals surface area contributed by atoms with Crippen LogP contribution in [0.15, 0.2) is 48.5 Å². The smallest absolute Gasteiger partial charge is 0.391 e. The van der Waals surface area contributed by atoms with Crippen molar-refractivity contribution in [2.24, 2.45) is 0 Å². The lowest BCUT2D eigenvalue weighted by Crippen LogP contribution is -2.14. The lowest BCUT2D eigenvalue weighted by molar-refractivity contribution is 0.0999. The van der Waals surface area contributed by atoms with Gasteiger partial charge in [0.1, 0.15) is 0 Å². The van der Waals surface area contributed by atoms with E-state index in [9.17, 15) is 9.59 Å². The molecule has 0 saturated heterocycles. The summed E-state index contributed by atoms with van der Waals surface area (Å²) in [6.45, 7) is 0. The zero-order valence-corrected chi connectivity index (χ0v) is 10.7. The van der Waals surface area contributed by atoms with Crippen molar-refractivity contribution in [3.8, 4) is 11.5 Å². The molecule has 3 aromatic rings. The highest BCUT2D eigenvalue weighted by atomic mass is 16.8. The number of fused-ring (bicyclic) bond motifs is 4. The van der Waals surface area contributed by atoms with Crippen molar-refractivity contribution in [2.45, 2.75) is 0 Å². The monoisotopic (exact) mass is 280 g/mol. The summed E-state index contributed by atoms with van der Waals surface area (Å²) < 4.78 is 14.3. The zero-order chi connectivity index (χ0) is 14.4. The molecule has 0 bridgehead atoms. The molecule has 0 atom stereocenters. The fraction of sp³-hybridized carbons (Fsp3) is 0. The first-order valence-corrected chi connectivity index (χ1v) is 6.28. The van der Waals surface area contributed by atoms with Crippen LogP contribution >= 0.6 is 0 Å². The van der Waals surface area contributed by atoms with Gasteiger partial charge in [0, 0.05) is 5.39 Å². The number of benzene rings is 3. The first kappa shape index (κ1) is 11.7.